The standard InChI is InChI=1S/C16H16FNO2S/c17-11-3-1-6-14-10(11)9-15(21-14)16(19)18-7-8-20-13-5-2-4-12(13)18/h1,3,6,9,12-13H,2,4-5,7-8H2/t12-,13-/m0/s1. The first-order valence-electron chi connectivity index (χ1n) is 7.34. The Morgan fingerprint density at radius 2 is 2.29 bits per heavy atom. The molecule has 2 aliphatic rings. The van der Waals surface area contributed by atoms with Gasteiger partial charge in [0.05, 0.1) is 23.6 Å². The molecule has 2 fully saturated rings. The number of thiophene rings is 1. The lowest BCUT2D eigenvalue weighted by Crippen LogP contribution is -2.51. The molecule has 4 rings (SSSR count). The lowest BCUT2D eigenvalue weighted by atomic mass is 10.1. The van der Waals surface area contributed by atoms with Gasteiger partial charge in [-0.1, -0.05) is 6.07 Å². The molecule has 0 spiro atoms. The van der Waals surface area contributed by atoms with E-state index < -0.39 is 0 Å². The number of benzene rings is 1. The smallest absolute Gasteiger partial charge is 0.264 e. The van der Waals surface area contributed by atoms with Crippen LogP contribution in [0.25, 0.3) is 10.1 Å². The number of hydrogen-bond donors (Lipinski definition) is 0. The average Bonchev–Trinajstić information content (AvgIpc) is 3.13. The number of fused-ring (bicyclic) bond motifs is 2. The highest BCUT2D eigenvalue weighted by atomic mass is 32.1. The van der Waals surface area contributed by atoms with Gasteiger partial charge < -0.3 is 9.64 Å². The number of morpholine rings is 1. The summed E-state index contributed by atoms with van der Waals surface area (Å²) in [6.45, 7) is 1.24. The Bertz CT molecular complexity index is 699. The molecule has 2 atom stereocenters. The van der Waals surface area contributed by atoms with E-state index in [1.54, 1.807) is 12.1 Å². The Morgan fingerprint density at radius 1 is 1.38 bits per heavy atom. The van der Waals surface area contributed by atoms with Crippen LogP contribution in [0.5, 0.6) is 0 Å². The second-order valence-electron chi connectivity index (χ2n) is 5.67. The van der Waals surface area contributed by atoms with Crippen molar-refractivity contribution in [3.8, 4) is 0 Å². The first-order chi connectivity index (χ1) is 10.2. The van der Waals surface area contributed by atoms with Gasteiger partial charge in [0, 0.05) is 16.6 Å². The SMILES string of the molecule is O=C(c1cc2c(F)cccc2s1)N1CCO[C@H]2CCC[C@@H]21. The van der Waals surface area contributed by atoms with Crippen LogP contribution in [0.4, 0.5) is 4.39 Å². The zero-order valence-corrected chi connectivity index (χ0v) is 12.4. The summed E-state index contributed by atoms with van der Waals surface area (Å²) in [7, 11) is 0. The molecule has 2 aromatic rings. The molecular formula is C16H16FNO2S. The largest absolute Gasteiger partial charge is 0.374 e. The number of carbonyl (C=O) groups excluding carboxylic acids is 1. The van der Waals surface area contributed by atoms with Crippen molar-refractivity contribution in [2.45, 2.75) is 31.4 Å². The molecule has 3 nitrogen and oxygen atoms in total. The van der Waals surface area contributed by atoms with Gasteiger partial charge in [0.15, 0.2) is 0 Å². The molecule has 1 saturated heterocycles. The van der Waals surface area contributed by atoms with Crippen LogP contribution in [0, 0.1) is 5.82 Å². The van der Waals surface area contributed by atoms with Crippen LogP contribution >= 0.6 is 11.3 Å². The van der Waals surface area contributed by atoms with Crippen molar-refractivity contribution in [1.29, 1.82) is 0 Å². The monoisotopic (exact) mass is 305 g/mol. The molecule has 1 aromatic heterocycles. The van der Waals surface area contributed by atoms with Crippen LogP contribution in [0.15, 0.2) is 24.3 Å². The molecule has 0 bridgehead atoms. The molecule has 1 aromatic carbocycles. The summed E-state index contributed by atoms with van der Waals surface area (Å²) in [5.74, 6) is -0.237. The maximum absolute atomic E-state index is 13.8. The molecule has 5 heteroatoms. The van der Waals surface area contributed by atoms with E-state index >= 15 is 0 Å². The molecular weight excluding hydrogens is 289 g/mol. The average molecular weight is 305 g/mol. The molecule has 110 valence electrons. The minimum absolute atomic E-state index is 0.0239. The number of rotatable bonds is 1. The van der Waals surface area contributed by atoms with Gasteiger partial charge in [0.2, 0.25) is 0 Å². The fourth-order valence-corrected chi connectivity index (χ4v) is 4.48. The van der Waals surface area contributed by atoms with E-state index in [9.17, 15) is 9.18 Å². The molecule has 2 heterocycles. The van der Waals surface area contributed by atoms with E-state index in [-0.39, 0.29) is 23.9 Å². The zero-order chi connectivity index (χ0) is 14.4. The number of halogens is 1. The number of carbonyl (C=O) groups is 1. The van der Waals surface area contributed by atoms with Crippen molar-refractivity contribution < 1.29 is 13.9 Å². The van der Waals surface area contributed by atoms with Crippen molar-refractivity contribution in [2.75, 3.05) is 13.2 Å². The van der Waals surface area contributed by atoms with Gasteiger partial charge in [-0.05, 0) is 37.5 Å². The highest BCUT2D eigenvalue weighted by Crippen LogP contribution is 2.33. The van der Waals surface area contributed by atoms with Gasteiger partial charge in [-0.25, -0.2) is 4.39 Å². The summed E-state index contributed by atoms with van der Waals surface area (Å²) in [4.78, 5) is 15.3. The summed E-state index contributed by atoms with van der Waals surface area (Å²) in [6.07, 6.45) is 3.35. The molecule has 0 unspecified atom stereocenters. The number of ether oxygens (including phenoxy) is 1. The van der Waals surface area contributed by atoms with Crippen molar-refractivity contribution in [3.63, 3.8) is 0 Å². The van der Waals surface area contributed by atoms with Crippen LogP contribution in [0.2, 0.25) is 0 Å². The molecule has 1 amide bonds. The molecule has 1 aliphatic carbocycles. The van der Waals surface area contributed by atoms with Crippen molar-refractivity contribution in [2.24, 2.45) is 0 Å². The molecule has 21 heavy (non-hydrogen) atoms. The molecule has 1 saturated carbocycles. The third kappa shape index (κ3) is 2.15. The highest BCUT2D eigenvalue weighted by Gasteiger charge is 2.39. The Kier molecular flexibility index (Phi) is 3.19. The van der Waals surface area contributed by atoms with E-state index in [1.807, 2.05) is 11.0 Å². The lowest BCUT2D eigenvalue weighted by Gasteiger charge is -2.37. The number of amides is 1. The normalized spacial score (nSPS) is 25.3. The van der Waals surface area contributed by atoms with Crippen LogP contribution in [0.1, 0.15) is 28.9 Å². The Balaban J connectivity index is 1.67. The van der Waals surface area contributed by atoms with Crippen LogP contribution in [-0.2, 0) is 4.74 Å². The predicted octanol–water partition coefficient (Wildman–Crippen LogP) is 3.43. The van der Waals surface area contributed by atoms with Gasteiger partial charge in [-0.3, -0.25) is 4.79 Å². The van der Waals surface area contributed by atoms with Crippen molar-refractivity contribution in [3.05, 3.63) is 35.0 Å². The number of hydrogen-bond acceptors (Lipinski definition) is 3. The summed E-state index contributed by atoms with van der Waals surface area (Å²) in [5, 5.41) is 0.544. The topological polar surface area (TPSA) is 29.5 Å². The third-order valence-corrected chi connectivity index (χ3v) is 5.55. The first kappa shape index (κ1) is 13.2. The third-order valence-electron chi connectivity index (χ3n) is 4.46. The maximum Gasteiger partial charge on any atom is 0.264 e. The van der Waals surface area contributed by atoms with E-state index in [0.29, 0.717) is 23.4 Å². The van der Waals surface area contributed by atoms with Gasteiger partial charge in [0.25, 0.3) is 5.91 Å². The van der Waals surface area contributed by atoms with Crippen molar-refractivity contribution >= 4 is 27.3 Å². The van der Waals surface area contributed by atoms with Crippen LogP contribution < -0.4 is 0 Å². The van der Waals surface area contributed by atoms with E-state index in [1.165, 1.54) is 17.4 Å². The minimum Gasteiger partial charge on any atom is -0.374 e. The first-order valence-corrected chi connectivity index (χ1v) is 8.16. The predicted molar refractivity (Wildman–Crippen MR) is 80.2 cm³/mol. The maximum atomic E-state index is 13.8. The Morgan fingerprint density at radius 3 is 3.14 bits per heavy atom. The minimum atomic E-state index is -0.261. The van der Waals surface area contributed by atoms with E-state index in [2.05, 4.69) is 0 Å². The summed E-state index contributed by atoms with van der Waals surface area (Å²) in [6, 6.07) is 6.87. The second-order valence-corrected chi connectivity index (χ2v) is 6.75. The Labute approximate surface area is 126 Å². The fraction of sp³-hybridized carbons (Fsp3) is 0.438. The van der Waals surface area contributed by atoms with E-state index in [0.717, 1.165) is 24.0 Å². The highest BCUT2D eigenvalue weighted by molar-refractivity contribution is 7.20. The van der Waals surface area contributed by atoms with Gasteiger partial charge in [0.1, 0.15) is 5.82 Å². The lowest BCUT2D eigenvalue weighted by molar-refractivity contribution is -0.0443. The zero-order valence-electron chi connectivity index (χ0n) is 11.5. The van der Waals surface area contributed by atoms with Gasteiger partial charge in [-0.15, -0.1) is 11.3 Å². The van der Waals surface area contributed by atoms with Crippen LogP contribution in [-0.4, -0.2) is 36.1 Å². The summed E-state index contributed by atoms with van der Waals surface area (Å²) >= 11 is 1.38. The quantitative estimate of drug-likeness (QED) is 0.808. The van der Waals surface area contributed by atoms with Gasteiger partial charge >= 0.3 is 0 Å². The summed E-state index contributed by atoms with van der Waals surface area (Å²) < 4.78 is 20.4. The summed E-state index contributed by atoms with van der Waals surface area (Å²) in [5.41, 5.74) is 0. The fourth-order valence-electron chi connectivity index (χ4n) is 3.45. The number of nitrogens with zero attached hydrogens (tertiary/aromatic N) is 1. The second kappa shape index (κ2) is 5.07. The van der Waals surface area contributed by atoms with Crippen LogP contribution in [0.3, 0.4) is 0 Å². The molecule has 0 radical (unpaired) electrons. The van der Waals surface area contributed by atoms with Gasteiger partial charge in [-0.2, -0.15) is 0 Å². The molecule has 0 N–H and O–H groups in total. The molecule has 1 aliphatic heterocycles. The van der Waals surface area contributed by atoms with E-state index in [4.69, 9.17) is 4.74 Å². The Hall–Kier alpha value is -1.46. The van der Waals surface area contributed by atoms with Crippen molar-refractivity contribution in [1.82, 2.24) is 4.90 Å².